The van der Waals surface area contributed by atoms with Gasteiger partial charge in [0.15, 0.2) is 5.78 Å². The molecule has 3 heteroatoms. The van der Waals surface area contributed by atoms with Crippen LogP contribution in [0.25, 0.3) is 0 Å². The molecule has 3 nitrogen and oxygen atoms in total. The highest BCUT2D eigenvalue weighted by Crippen LogP contribution is 2.26. The van der Waals surface area contributed by atoms with Crippen molar-refractivity contribution >= 4 is 5.78 Å². The highest BCUT2D eigenvalue weighted by Gasteiger charge is 2.13. The first-order valence-corrected chi connectivity index (χ1v) is 10.3. The molecule has 0 radical (unpaired) electrons. The third-order valence-corrected chi connectivity index (χ3v) is 4.77. The van der Waals surface area contributed by atoms with Crippen LogP contribution in [0, 0.1) is 0 Å². The van der Waals surface area contributed by atoms with Crippen LogP contribution < -0.4 is 4.74 Å². The minimum absolute atomic E-state index is 0.0339. The molecule has 0 heterocycles. The number of phenols is 1. The number of unbranched alkanes of at least 4 members (excludes halogenated alkanes) is 8. The number of carbonyl (C=O) groups excluding carboxylic acids is 1. The maximum atomic E-state index is 12.4. The lowest BCUT2D eigenvalue weighted by atomic mass is 10.0. The number of aromatic hydroxyl groups is 1. The Balaban J connectivity index is 1.68. The van der Waals surface area contributed by atoms with Gasteiger partial charge in [-0.15, -0.1) is 0 Å². The van der Waals surface area contributed by atoms with Crippen LogP contribution in [0.1, 0.15) is 80.6 Å². The van der Waals surface area contributed by atoms with E-state index in [1.54, 1.807) is 24.3 Å². The van der Waals surface area contributed by atoms with Crippen LogP contribution in [-0.2, 0) is 0 Å². The number of hydrogen-bond acceptors (Lipinski definition) is 3. The van der Waals surface area contributed by atoms with Gasteiger partial charge in [0.1, 0.15) is 11.5 Å². The lowest BCUT2D eigenvalue weighted by Crippen LogP contribution is -2.02. The molecule has 2 aromatic carbocycles. The number of phenolic OH excluding ortho intramolecular Hbond substituents is 1. The average Bonchev–Trinajstić information content (AvgIpc) is 2.70. The summed E-state index contributed by atoms with van der Waals surface area (Å²) in [6, 6.07) is 13.9. The highest BCUT2D eigenvalue weighted by atomic mass is 16.5. The van der Waals surface area contributed by atoms with E-state index < -0.39 is 0 Å². The van der Waals surface area contributed by atoms with Gasteiger partial charge in [0, 0.05) is 11.6 Å². The summed E-state index contributed by atoms with van der Waals surface area (Å²) in [5, 5.41) is 10.2. The van der Waals surface area contributed by atoms with Crippen LogP contribution in [0.5, 0.6) is 11.5 Å². The predicted molar refractivity (Wildman–Crippen MR) is 111 cm³/mol. The fraction of sp³-hybridized carbons (Fsp3) is 0.458. The molecule has 0 aliphatic rings. The molecular weight excluding hydrogens is 336 g/mol. The molecule has 0 spiro atoms. The first-order valence-electron chi connectivity index (χ1n) is 10.3. The molecule has 2 rings (SSSR count). The number of benzene rings is 2. The molecule has 0 saturated carbocycles. The van der Waals surface area contributed by atoms with Crippen LogP contribution in [-0.4, -0.2) is 17.5 Å². The summed E-state index contributed by atoms with van der Waals surface area (Å²) in [6.45, 7) is 2.88. The van der Waals surface area contributed by atoms with Crippen LogP contribution in [0.4, 0.5) is 0 Å². The summed E-state index contributed by atoms with van der Waals surface area (Å²) < 4.78 is 5.72. The molecule has 0 aliphatic carbocycles. The van der Waals surface area contributed by atoms with Gasteiger partial charge < -0.3 is 9.84 Å². The Morgan fingerprint density at radius 3 is 2.11 bits per heavy atom. The molecule has 0 unspecified atom stereocenters. The van der Waals surface area contributed by atoms with Crippen LogP contribution in [0.2, 0.25) is 0 Å². The SMILES string of the molecule is CCCCCCCCCCCOc1ccc(C(=O)c2ccccc2)c(O)c1. The fourth-order valence-electron chi connectivity index (χ4n) is 3.14. The number of hydrogen-bond donors (Lipinski definition) is 1. The molecule has 0 aromatic heterocycles. The summed E-state index contributed by atoms with van der Waals surface area (Å²) >= 11 is 0. The lowest BCUT2D eigenvalue weighted by molar-refractivity contribution is 0.103. The standard InChI is InChI=1S/C24H32O3/c1-2-3-4-5-6-7-8-9-13-18-27-21-16-17-22(23(25)19-21)24(26)20-14-11-10-12-15-20/h10-12,14-17,19,25H,2-9,13,18H2,1H3. The molecular formula is C24H32O3. The van der Waals surface area contributed by atoms with Gasteiger partial charge in [-0.05, 0) is 18.6 Å². The largest absolute Gasteiger partial charge is 0.507 e. The molecule has 0 saturated heterocycles. The monoisotopic (exact) mass is 368 g/mol. The zero-order chi connectivity index (χ0) is 19.3. The quantitative estimate of drug-likeness (QED) is 0.323. The van der Waals surface area contributed by atoms with Crippen LogP contribution >= 0.6 is 0 Å². The zero-order valence-corrected chi connectivity index (χ0v) is 16.5. The molecule has 0 bridgehead atoms. The summed E-state index contributed by atoms with van der Waals surface area (Å²) in [5.74, 6) is 0.392. The molecule has 0 atom stereocenters. The van der Waals surface area contributed by atoms with E-state index in [0.717, 1.165) is 6.42 Å². The Morgan fingerprint density at radius 2 is 1.48 bits per heavy atom. The van der Waals surface area contributed by atoms with Gasteiger partial charge in [-0.2, -0.15) is 0 Å². The Hall–Kier alpha value is -2.29. The second-order valence-electron chi connectivity index (χ2n) is 7.05. The van der Waals surface area contributed by atoms with E-state index in [1.807, 2.05) is 18.2 Å². The number of rotatable bonds is 13. The van der Waals surface area contributed by atoms with E-state index in [-0.39, 0.29) is 11.5 Å². The van der Waals surface area contributed by atoms with Crippen molar-refractivity contribution < 1.29 is 14.6 Å². The average molecular weight is 369 g/mol. The first kappa shape index (κ1) is 21.0. The number of ketones is 1. The normalized spacial score (nSPS) is 10.7. The van der Waals surface area contributed by atoms with Gasteiger partial charge in [0.2, 0.25) is 0 Å². The topological polar surface area (TPSA) is 46.5 Å². The van der Waals surface area contributed by atoms with E-state index in [0.29, 0.717) is 23.5 Å². The Kier molecular flexibility index (Phi) is 9.47. The van der Waals surface area contributed by atoms with Crippen molar-refractivity contribution in [1.29, 1.82) is 0 Å². The highest BCUT2D eigenvalue weighted by molar-refractivity contribution is 6.10. The second kappa shape index (κ2) is 12.2. The van der Waals surface area contributed by atoms with Gasteiger partial charge in [-0.25, -0.2) is 0 Å². The lowest BCUT2D eigenvalue weighted by Gasteiger charge is -2.09. The maximum Gasteiger partial charge on any atom is 0.196 e. The van der Waals surface area contributed by atoms with Gasteiger partial charge >= 0.3 is 0 Å². The van der Waals surface area contributed by atoms with Gasteiger partial charge in [0.05, 0.1) is 12.2 Å². The van der Waals surface area contributed by atoms with Gasteiger partial charge in [-0.1, -0.05) is 88.6 Å². The molecule has 0 fully saturated rings. The molecule has 27 heavy (non-hydrogen) atoms. The maximum absolute atomic E-state index is 12.4. The minimum atomic E-state index is -0.182. The summed E-state index contributed by atoms with van der Waals surface area (Å²) in [6.07, 6.45) is 11.5. The fourth-order valence-corrected chi connectivity index (χ4v) is 3.14. The van der Waals surface area contributed by atoms with Crippen molar-refractivity contribution in [3.8, 4) is 11.5 Å². The van der Waals surface area contributed by atoms with E-state index in [1.165, 1.54) is 57.4 Å². The number of carbonyl (C=O) groups is 1. The summed E-state index contributed by atoms with van der Waals surface area (Å²) in [7, 11) is 0. The summed E-state index contributed by atoms with van der Waals surface area (Å²) in [4.78, 5) is 12.4. The molecule has 0 amide bonds. The van der Waals surface area contributed by atoms with Crippen molar-refractivity contribution in [2.75, 3.05) is 6.61 Å². The van der Waals surface area contributed by atoms with Crippen LogP contribution in [0.15, 0.2) is 48.5 Å². The summed E-state index contributed by atoms with van der Waals surface area (Å²) in [5.41, 5.74) is 0.868. The molecule has 2 aromatic rings. The molecule has 0 aliphatic heterocycles. The minimum Gasteiger partial charge on any atom is -0.507 e. The second-order valence-corrected chi connectivity index (χ2v) is 7.05. The van der Waals surface area contributed by atoms with Crippen molar-refractivity contribution in [1.82, 2.24) is 0 Å². The molecule has 1 N–H and O–H groups in total. The van der Waals surface area contributed by atoms with Crippen LogP contribution in [0.3, 0.4) is 0 Å². The van der Waals surface area contributed by atoms with E-state index >= 15 is 0 Å². The Morgan fingerprint density at radius 1 is 0.852 bits per heavy atom. The van der Waals surface area contributed by atoms with Crippen molar-refractivity contribution in [2.24, 2.45) is 0 Å². The van der Waals surface area contributed by atoms with E-state index in [2.05, 4.69) is 6.92 Å². The Bertz CT molecular complexity index is 679. The van der Waals surface area contributed by atoms with Crippen molar-refractivity contribution in [3.63, 3.8) is 0 Å². The van der Waals surface area contributed by atoms with Gasteiger partial charge in [0.25, 0.3) is 0 Å². The first-order chi connectivity index (χ1) is 13.2. The van der Waals surface area contributed by atoms with E-state index in [9.17, 15) is 9.90 Å². The zero-order valence-electron chi connectivity index (χ0n) is 16.5. The Labute approximate surface area is 163 Å². The van der Waals surface area contributed by atoms with Crippen molar-refractivity contribution in [2.45, 2.75) is 64.7 Å². The molecule has 146 valence electrons. The smallest absolute Gasteiger partial charge is 0.196 e. The number of ether oxygens (including phenoxy) is 1. The van der Waals surface area contributed by atoms with E-state index in [4.69, 9.17) is 4.74 Å². The van der Waals surface area contributed by atoms with Crippen molar-refractivity contribution in [3.05, 3.63) is 59.7 Å². The van der Waals surface area contributed by atoms with Gasteiger partial charge in [-0.3, -0.25) is 4.79 Å². The third-order valence-electron chi connectivity index (χ3n) is 4.77. The predicted octanol–water partition coefficient (Wildman–Crippen LogP) is 6.53. The third kappa shape index (κ3) is 7.46.